The van der Waals surface area contributed by atoms with E-state index in [2.05, 4.69) is 50.0 Å². The molecule has 1 heterocycles. The summed E-state index contributed by atoms with van der Waals surface area (Å²) in [5.41, 5.74) is 0. The fourth-order valence-electron chi connectivity index (χ4n) is 2.94. The third-order valence-corrected chi connectivity index (χ3v) is 3.58. The van der Waals surface area contributed by atoms with Gasteiger partial charge < -0.3 is 10.2 Å². The summed E-state index contributed by atoms with van der Waals surface area (Å²) in [6.07, 6.45) is 1.35. The quantitative estimate of drug-likeness (QED) is 0.763. The van der Waals surface area contributed by atoms with Gasteiger partial charge in [-0.1, -0.05) is 13.8 Å². The van der Waals surface area contributed by atoms with Crippen LogP contribution in [0.5, 0.6) is 0 Å². The number of hydrogen-bond acceptors (Lipinski definition) is 3. The summed E-state index contributed by atoms with van der Waals surface area (Å²) in [4.78, 5) is 4.94. The van der Waals surface area contributed by atoms with Crippen LogP contribution in [0.1, 0.15) is 27.2 Å². The van der Waals surface area contributed by atoms with Crippen molar-refractivity contribution in [1.82, 2.24) is 15.1 Å². The van der Waals surface area contributed by atoms with Crippen LogP contribution in [0, 0.1) is 5.92 Å². The van der Waals surface area contributed by atoms with E-state index in [1.807, 2.05) is 0 Å². The Morgan fingerprint density at radius 2 is 2.00 bits per heavy atom. The van der Waals surface area contributed by atoms with Gasteiger partial charge in [0.15, 0.2) is 0 Å². The molecule has 3 heteroatoms. The Labute approximate surface area is 101 Å². The van der Waals surface area contributed by atoms with Crippen LogP contribution in [0.15, 0.2) is 0 Å². The maximum absolute atomic E-state index is 3.55. The van der Waals surface area contributed by atoms with Crippen LogP contribution in [0.2, 0.25) is 0 Å². The van der Waals surface area contributed by atoms with Gasteiger partial charge in [-0.15, -0.1) is 0 Å². The molecule has 1 fully saturated rings. The fourth-order valence-corrected chi connectivity index (χ4v) is 2.94. The molecule has 1 aliphatic heterocycles. The van der Waals surface area contributed by atoms with Crippen molar-refractivity contribution in [3.63, 3.8) is 0 Å². The molecule has 3 nitrogen and oxygen atoms in total. The van der Waals surface area contributed by atoms with Crippen LogP contribution >= 0.6 is 0 Å². The Balaban J connectivity index is 2.51. The first-order valence-electron chi connectivity index (χ1n) is 6.65. The van der Waals surface area contributed by atoms with Crippen molar-refractivity contribution < 1.29 is 0 Å². The highest BCUT2D eigenvalue weighted by molar-refractivity contribution is 4.84. The fraction of sp³-hybridized carbons (Fsp3) is 1.00. The van der Waals surface area contributed by atoms with Crippen molar-refractivity contribution in [2.75, 3.05) is 40.3 Å². The standard InChI is InChI=1S/C13H29N3/c1-6-16(12(3)10-15(4)5)13-7-11(2)8-14-9-13/h11-14H,6-10H2,1-5H3. The van der Waals surface area contributed by atoms with Crippen molar-refractivity contribution >= 4 is 0 Å². The van der Waals surface area contributed by atoms with Crippen molar-refractivity contribution in [2.24, 2.45) is 5.92 Å². The minimum atomic E-state index is 0.650. The lowest BCUT2D eigenvalue weighted by molar-refractivity contribution is 0.0961. The van der Waals surface area contributed by atoms with E-state index in [0.717, 1.165) is 31.6 Å². The van der Waals surface area contributed by atoms with E-state index in [1.54, 1.807) is 0 Å². The van der Waals surface area contributed by atoms with Gasteiger partial charge in [-0.3, -0.25) is 4.90 Å². The second-order valence-electron chi connectivity index (χ2n) is 5.59. The lowest BCUT2D eigenvalue weighted by atomic mass is 9.95. The van der Waals surface area contributed by atoms with Crippen LogP contribution in [0.3, 0.4) is 0 Å². The molecule has 0 aromatic rings. The topological polar surface area (TPSA) is 18.5 Å². The zero-order chi connectivity index (χ0) is 12.1. The van der Waals surface area contributed by atoms with E-state index in [4.69, 9.17) is 0 Å². The molecule has 1 aliphatic rings. The molecular formula is C13H29N3. The van der Waals surface area contributed by atoms with E-state index in [1.165, 1.54) is 13.0 Å². The van der Waals surface area contributed by atoms with Gasteiger partial charge in [-0.05, 0) is 46.4 Å². The number of likely N-dealkylation sites (N-methyl/N-ethyl adjacent to an activating group) is 2. The first-order chi connectivity index (χ1) is 7.54. The highest BCUT2D eigenvalue weighted by Gasteiger charge is 2.26. The van der Waals surface area contributed by atoms with E-state index >= 15 is 0 Å². The zero-order valence-corrected chi connectivity index (χ0v) is 11.7. The monoisotopic (exact) mass is 227 g/mol. The number of hydrogen-bond donors (Lipinski definition) is 1. The van der Waals surface area contributed by atoms with Gasteiger partial charge in [-0.2, -0.15) is 0 Å². The zero-order valence-electron chi connectivity index (χ0n) is 11.7. The van der Waals surface area contributed by atoms with E-state index < -0.39 is 0 Å². The summed E-state index contributed by atoms with van der Waals surface area (Å²) in [7, 11) is 4.32. The number of piperidine rings is 1. The molecule has 0 aromatic carbocycles. The molecule has 16 heavy (non-hydrogen) atoms. The van der Waals surface area contributed by atoms with Crippen molar-refractivity contribution in [3.8, 4) is 0 Å². The van der Waals surface area contributed by atoms with Crippen LogP contribution in [-0.4, -0.2) is 62.2 Å². The predicted molar refractivity (Wildman–Crippen MR) is 70.8 cm³/mol. The molecule has 0 bridgehead atoms. The summed E-state index contributed by atoms with van der Waals surface area (Å²) in [6.45, 7) is 11.6. The van der Waals surface area contributed by atoms with Gasteiger partial charge in [-0.25, -0.2) is 0 Å². The minimum absolute atomic E-state index is 0.650. The predicted octanol–water partition coefficient (Wildman–Crippen LogP) is 1.26. The molecule has 1 N–H and O–H groups in total. The van der Waals surface area contributed by atoms with Crippen LogP contribution in [-0.2, 0) is 0 Å². The number of rotatable bonds is 5. The van der Waals surface area contributed by atoms with Gasteiger partial charge in [0.05, 0.1) is 0 Å². The normalized spacial score (nSPS) is 28.7. The molecule has 96 valence electrons. The maximum atomic E-state index is 3.55. The molecule has 1 rings (SSSR count). The summed E-state index contributed by atoms with van der Waals surface area (Å²) >= 11 is 0. The maximum Gasteiger partial charge on any atom is 0.0226 e. The van der Waals surface area contributed by atoms with Crippen LogP contribution in [0.4, 0.5) is 0 Å². The minimum Gasteiger partial charge on any atom is -0.315 e. The Morgan fingerprint density at radius 1 is 1.31 bits per heavy atom. The molecule has 0 radical (unpaired) electrons. The van der Waals surface area contributed by atoms with Gasteiger partial charge in [0, 0.05) is 25.2 Å². The van der Waals surface area contributed by atoms with Crippen LogP contribution in [0.25, 0.3) is 0 Å². The third-order valence-electron chi connectivity index (χ3n) is 3.58. The first-order valence-corrected chi connectivity index (χ1v) is 6.65. The van der Waals surface area contributed by atoms with Crippen molar-refractivity contribution in [1.29, 1.82) is 0 Å². The molecule has 0 aromatic heterocycles. The molecule has 3 atom stereocenters. The summed E-state index contributed by atoms with van der Waals surface area (Å²) in [5.74, 6) is 0.819. The Hall–Kier alpha value is -0.120. The van der Waals surface area contributed by atoms with Gasteiger partial charge in [0.1, 0.15) is 0 Å². The highest BCUT2D eigenvalue weighted by atomic mass is 15.2. The summed E-state index contributed by atoms with van der Waals surface area (Å²) in [6, 6.07) is 1.38. The Kier molecular flexibility index (Phi) is 5.73. The number of nitrogens with zero attached hydrogens (tertiary/aromatic N) is 2. The lowest BCUT2D eigenvalue weighted by Gasteiger charge is -2.40. The van der Waals surface area contributed by atoms with Gasteiger partial charge >= 0.3 is 0 Å². The van der Waals surface area contributed by atoms with Gasteiger partial charge in [0.2, 0.25) is 0 Å². The Bertz CT molecular complexity index is 194. The number of nitrogens with one attached hydrogen (secondary N) is 1. The van der Waals surface area contributed by atoms with E-state index in [9.17, 15) is 0 Å². The first kappa shape index (κ1) is 13.9. The lowest BCUT2D eigenvalue weighted by Crippen LogP contribution is -2.53. The average Bonchev–Trinajstić information content (AvgIpc) is 2.17. The van der Waals surface area contributed by atoms with E-state index in [0.29, 0.717) is 6.04 Å². The molecular weight excluding hydrogens is 198 g/mol. The Morgan fingerprint density at radius 3 is 2.50 bits per heavy atom. The smallest absolute Gasteiger partial charge is 0.0226 e. The highest BCUT2D eigenvalue weighted by Crippen LogP contribution is 2.17. The van der Waals surface area contributed by atoms with Crippen molar-refractivity contribution in [2.45, 2.75) is 39.3 Å². The van der Waals surface area contributed by atoms with E-state index in [-0.39, 0.29) is 0 Å². The summed E-state index contributed by atoms with van der Waals surface area (Å²) < 4.78 is 0. The largest absolute Gasteiger partial charge is 0.315 e. The molecule has 3 unspecified atom stereocenters. The molecule has 0 amide bonds. The molecule has 0 aliphatic carbocycles. The molecule has 0 saturated carbocycles. The van der Waals surface area contributed by atoms with Crippen LogP contribution < -0.4 is 5.32 Å². The second-order valence-corrected chi connectivity index (χ2v) is 5.59. The average molecular weight is 227 g/mol. The summed E-state index contributed by atoms with van der Waals surface area (Å²) in [5, 5.41) is 3.55. The van der Waals surface area contributed by atoms with Crippen molar-refractivity contribution in [3.05, 3.63) is 0 Å². The third kappa shape index (κ3) is 4.04. The van der Waals surface area contributed by atoms with Gasteiger partial charge in [0.25, 0.3) is 0 Å². The molecule has 0 spiro atoms. The SMILES string of the molecule is CCN(C(C)CN(C)C)C1CNCC(C)C1. The molecule has 1 saturated heterocycles. The second kappa shape index (κ2) is 6.58.